The number of nitrogens with zero attached hydrogens (tertiary/aromatic N) is 3. The van der Waals surface area contributed by atoms with Crippen molar-refractivity contribution in [1.29, 1.82) is 0 Å². The monoisotopic (exact) mass is 443 g/mol. The number of halogens is 3. The molecule has 1 aromatic heterocycles. The van der Waals surface area contributed by atoms with Crippen molar-refractivity contribution in [2.75, 3.05) is 42.7 Å². The van der Waals surface area contributed by atoms with Crippen LogP contribution in [0, 0.1) is 0 Å². The molecule has 32 heavy (non-hydrogen) atoms. The van der Waals surface area contributed by atoms with Crippen LogP contribution in [-0.2, 0) is 6.18 Å². The molecule has 2 heterocycles. The molecule has 0 radical (unpaired) electrons. The summed E-state index contributed by atoms with van der Waals surface area (Å²) in [6, 6.07) is 13.6. The van der Waals surface area contributed by atoms with Gasteiger partial charge in [-0.3, -0.25) is 0 Å². The molecule has 1 saturated heterocycles. The van der Waals surface area contributed by atoms with Gasteiger partial charge in [-0.05, 0) is 75.1 Å². The molecule has 0 spiro atoms. The topological polar surface area (TPSA) is 60.5 Å². The highest BCUT2D eigenvalue weighted by atomic mass is 19.4. The largest absolute Gasteiger partial charge is 0.416 e. The van der Waals surface area contributed by atoms with E-state index in [0.717, 1.165) is 48.4 Å². The summed E-state index contributed by atoms with van der Waals surface area (Å²) < 4.78 is 37.9. The zero-order valence-corrected chi connectivity index (χ0v) is 17.8. The van der Waals surface area contributed by atoms with Gasteiger partial charge in [0.05, 0.1) is 11.1 Å². The van der Waals surface area contributed by atoms with E-state index in [4.69, 9.17) is 4.98 Å². The Bertz CT molecular complexity index is 1110. The smallest absolute Gasteiger partial charge is 0.355 e. The molecule has 2 aromatic carbocycles. The summed E-state index contributed by atoms with van der Waals surface area (Å²) in [6.45, 7) is 1.90. The van der Waals surface area contributed by atoms with E-state index in [2.05, 4.69) is 34.5 Å². The lowest BCUT2D eigenvalue weighted by Gasteiger charge is -2.21. The molecule has 1 aliphatic rings. The molecular weight excluding hydrogens is 419 g/mol. The summed E-state index contributed by atoms with van der Waals surface area (Å²) >= 11 is 0. The molecule has 0 aliphatic carbocycles. The van der Waals surface area contributed by atoms with Crippen molar-refractivity contribution < 1.29 is 18.0 Å². The van der Waals surface area contributed by atoms with Gasteiger partial charge in [0.1, 0.15) is 5.82 Å². The third kappa shape index (κ3) is 4.94. The van der Waals surface area contributed by atoms with E-state index in [0.29, 0.717) is 11.7 Å². The second-order valence-corrected chi connectivity index (χ2v) is 8.08. The lowest BCUT2D eigenvalue weighted by molar-refractivity contribution is -0.137. The molecular formula is C23H24F3N5O. The summed E-state index contributed by atoms with van der Waals surface area (Å²) in [5, 5.41) is 6.11. The molecule has 0 bridgehead atoms. The lowest BCUT2D eigenvalue weighted by atomic mass is 10.2. The molecule has 6 nitrogen and oxygen atoms in total. The van der Waals surface area contributed by atoms with Gasteiger partial charge in [0.2, 0.25) is 0 Å². The number of alkyl halides is 3. The number of rotatable bonds is 4. The summed E-state index contributed by atoms with van der Waals surface area (Å²) in [5.41, 5.74) is 0.884. The third-order valence-corrected chi connectivity index (χ3v) is 5.62. The molecule has 1 aliphatic heterocycles. The van der Waals surface area contributed by atoms with Crippen molar-refractivity contribution in [1.82, 2.24) is 9.88 Å². The number of nitrogens with one attached hydrogen (secondary N) is 2. The zero-order valence-electron chi connectivity index (χ0n) is 17.8. The molecule has 1 unspecified atom stereocenters. The van der Waals surface area contributed by atoms with Crippen molar-refractivity contribution in [2.24, 2.45) is 0 Å². The Morgan fingerprint density at radius 2 is 1.72 bits per heavy atom. The minimum atomic E-state index is -4.41. The van der Waals surface area contributed by atoms with Gasteiger partial charge in [-0.15, -0.1) is 0 Å². The van der Waals surface area contributed by atoms with E-state index < -0.39 is 17.8 Å². The number of amides is 2. The van der Waals surface area contributed by atoms with Crippen molar-refractivity contribution >= 4 is 34.1 Å². The number of pyridine rings is 1. The number of benzene rings is 2. The van der Waals surface area contributed by atoms with Crippen LogP contribution in [0.15, 0.2) is 54.6 Å². The van der Waals surface area contributed by atoms with E-state index in [-0.39, 0.29) is 5.69 Å². The van der Waals surface area contributed by atoms with Gasteiger partial charge in [-0.2, -0.15) is 13.2 Å². The predicted molar refractivity (Wildman–Crippen MR) is 120 cm³/mol. The fraction of sp³-hybridized carbons (Fsp3) is 0.304. The Kier molecular flexibility index (Phi) is 5.92. The van der Waals surface area contributed by atoms with Gasteiger partial charge in [0, 0.05) is 35.9 Å². The first-order valence-electron chi connectivity index (χ1n) is 10.3. The highest BCUT2D eigenvalue weighted by Gasteiger charge is 2.30. The maximum atomic E-state index is 12.6. The van der Waals surface area contributed by atoms with E-state index in [1.807, 2.05) is 24.3 Å². The average Bonchev–Trinajstić information content (AvgIpc) is 3.24. The number of carbonyl (C=O) groups is 1. The number of fused-ring (bicyclic) bond motifs is 1. The summed E-state index contributed by atoms with van der Waals surface area (Å²) in [7, 11) is 4.18. The van der Waals surface area contributed by atoms with Gasteiger partial charge < -0.3 is 20.4 Å². The molecule has 2 amide bonds. The molecule has 1 fully saturated rings. The SMILES string of the molecule is CN(C)C1CCN(c2ccc3cc(NC(=O)Nc4ccc(C(F)(F)F)cc4)ccc3n2)C1. The van der Waals surface area contributed by atoms with Crippen LogP contribution in [0.3, 0.4) is 0 Å². The highest BCUT2D eigenvalue weighted by Crippen LogP contribution is 2.30. The maximum Gasteiger partial charge on any atom is 0.416 e. The van der Waals surface area contributed by atoms with Crippen LogP contribution >= 0.6 is 0 Å². The Hall–Kier alpha value is -3.33. The Morgan fingerprint density at radius 3 is 2.38 bits per heavy atom. The lowest BCUT2D eigenvalue weighted by Crippen LogP contribution is -2.31. The first kappa shape index (κ1) is 21.9. The number of hydrogen-bond donors (Lipinski definition) is 2. The molecule has 2 N–H and O–H groups in total. The van der Waals surface area contributed by atoms with Gasteiger partial charge in [-0.25, -0.2) is 9.78 Å². The van der Waals surface area contributed by atoms with Crippen molar-refractivity contribution in [3.05, 3.63) is 60.2 Å². The number of anilines is 3. The van der Waals surface area contributed by atoms with E-state index in [1.165, 1.54) is 12.1 Å². The van der Waals surface area contributed by atoms with Crippen molar-refractivity contribution in [2.45, 2.75) is 18.6 Å². The fourth-order valence-electron chi connectivity index (χ4n) is 3.78. The van der Waals surface area contributed by atoms with Crippen molar-refractivity contribution in [3.63, 3.8) is 0 Å². The van der Waals surface area contributed by atoms with Crippen LogP contribution in [0.5, 0.6) is 0 Å². The average molecular weight is 443 g/mol. The minimum absolute atomic E-state index is 0.268. The standard InChI is InChI=1S/C23H24F3N5O/c1-30(2)19-11-12-31(14-19)21-10-3-15-13-18(8-9-20(15)29-21)28-22(32)27-17-6-4-16(5-7-17)23(24,25)26/h3-10,13,19H,11-12,14H2,1-2H3,(H2,27,28,32). The number of urea groups is 1. The predicted octanol–water partition coefficient (Wildman–Crippen LogP) is 5.04. The molecule has 168 valence electrons. The van der Waals surface area contributed by atoms with E-state index >= 15 is 0 Å². The van der Waals surface area contributed by atoms with Gasteiger partial charge in [-0.1, -0.05) is 0 Å². The van der Waals surface area contributed by atoms with Crippen LogP contribution in [0.1, 0.15) is 12.0 Å². The first-order chi connectivity index (χ1) is 15.2. The van der Waals surface area contributed by atoms with Crippen LogP contribution in [-0.4, -0.2) is 49.1 Å². The molecule has 4 rings (SSSR count). The summed E-state index contributed by atoms with van der Waals surface area (Å²) in [6.07, 6.45) is -3.31. The van der Waals surface area contributed by atoms with Crippen LogP contribution < -0.4 is 15.5 Å². The molecule has 3 aromatic rings. The highest BCUT2D eigenvalue weighted by molar-refractivity contribution is 6.01. The molecule has 1 atom stereocenters. The molecule has 9 heteroatoms. The van der Waals surface area contributed by atoms with E-state index in [1.54, 1.807) is 6.07 Å². The summed E-state index contributed by atoms with van der Waals surface area (Å²) in [5.74, 6) is 0.933. The van der Waals surface area contributed by atoms with Crippen LogP contribution in [0.4, 0.5) is 35.2 Å². The number of hydrogen-bond acceptors (Lipinski definition) is 4. The maximum absolute atomic E-state index is 12.6. The van der Waals surface area contributed by atoms with E-state index in [9.17, 15) is 18.0 Å². The third-order valence-electron chi connectivity index (χ3n) is 5.62. The summed E-state index contributed by atoms with van der Waals surface area (Å²) in [4.78, 5) is 21.5. The second-order valence-electron chi connectivity index (χ2n) is 8.08. The normalized spacial score (nSPS) is 16.6. The van der Waals surface area contributed by atoms with Gasteiger partial charge in [0.15, 0.2) is 0 Å². The fourth-order valence-corrected chi connectivity index (χ4v) is 3.78. The van der Waals surface area contributed by atoms with Crippen LogP contribution in [0.2, 0.25) is 0 Å². The molecule has 0 saturated carbocycles. The Labute approximate surface area is 184 Å². The van der Waals surface area contributed by atoms with Crippen LogP contribution in [0.25, 0.3) is 10.9 Å². The Morgan fingerprint density at radius 1 is 1.03 bits per heavy atom. The Balaban J connectivity index is 1.41. The first-order valence-corrected chi connectivity index (χ1v) is 10.3. The number of likely N-dealkylation sites (N-methyl/N-ethyl adjacent to an activating group) is 1. The minimum Gasteiger partial charge on any atom is -0.355 e. The van der Waals surface area contributed by atoms with Gasteiger partial charge in [0.25, 0.3) is 0 Å². The number of aromatic nitrogens is 1. The number of carbonyl (C=O) groups excluding carboxylic acids is 1. The van der Waals surface area contributed by atoms with Crippen molar-refractivity contribution in [3.8, 4) is 0 Å². The zero-order chi connectivity index (χ0) is 22.9. The second kappa shape index (κ2) is 8.66. The quantitative estimate of drug-likeness (QED) is 0.593. The van der Waals surface area contributed by atoms with Gasteiger partial charge >= 0.3 is 12.2 Å².